The lowest BCUT2D eigenvalue weighted by atomic mass is 10.0. The molecule has 0 fully saturated rings. The lowest BCUT2D eigenvalue weighted by molar-refractivity contribution is 0.0998. The summed E-state index contributed by atoms with van der Waals surface area (Å²) in [5.74, 6) is 0.720. The van der Waals surface area contributed by atoms with Crippen LogP contribution >= 0.6 is 11.3 Å². The van der Waals surface area contributed by atoms with Crippen molar-refractivity contribution in [3.63, 3.8) is 0 Å². The van der Waals surface area contributed by atoms with Crippen molar-refractivity contribution in [3.05, 3.63) is 76.0 Å². The molecule has 1 aromatic heterocycles. The predicted octanol–water partition coefficient (Wildman–Crippen LogP) is 3.96. The van der Waals surface area contributed by atoms with Crippen LogP contribution in [0.4, 0.5) is 5.69 Å². The number of ether oxygens (including phenoxy) is 2. The molecule has 0 saturated heterocycles. The molecule has 0 aliphatic carbocycles. The second-order valence-electron chi connectivity index (χ2n) is 5.37. The largest absolute Gasteiger partial charge is 0.454 e. The number of carbonyl (C=O) groups excluding carboxylic acids is 2. The Morgan fingerprint density at radius 1 is 0.920 bits per heavy atom. The average molecular weight is 351 g/mol. The third-order valence-corrected chi connectivity index (χ3v) is 4.66. The highest BCUT2D eigenvalue weighted by Gasteiger charge is 2.20. The number of carbonyl (C=O) groups is 2. The van der Waals surface area contributed by atoms with E-state index in [0.29, 0.717) is 33.2 Å². The Hall–Kier alpha value is -3.12. The molecule has 1 amide bonds. The van der Waals surface area contributed by atoms with E-state index in [1.54, 1.807) is 48.5 Å². The molecule has 2 heterocycles. The zero-order valence-corrected chi connectivity index (χ0v) is 13.8. The molecular weight excluding hydrogens is 338 g/mol. The number of thiophene rings is 1. The monoisotopic (exact) mass is 351 g/mol. The molecule has 124 valence electrons. The zero-order chi connectivity index (χ0) is 17.2. The first-order chi connectivity index (χ1) is 12.2. The predicted molar refractivity (Wildman–Crippen MR) is 94.7 cm³/mol. The molecule has 0 bridgehead atoms. The Balaban J connectivity index is 1.61. The molecule has 0 spiro atoms. The summed E-state index contributed by atoms with van der Waals surface area (Å²) < 4.78 is 10.6. The molecule has 3 aromatic rings. The summed E-state index contributed by atoms with van der Waals surface area (Å²) in [6.07, 6.45) is 0. The van der Waals surface area contributed by atoms with Gasteiger partial charge in [0.1, 0.15) is 0 Å². The molecule has 1 aliphatic heterocycles. The fourth-order valence-electron chi connectivity index (χ4n) is 2.59. The zero-order valence-electron chi connectivity index (χ0n) is 13.0. The number of anilines is 1. The van der Waals surface area contributed by atoms with Crippen molar-refractivity contribution < 1.29 is 19.1 Å². The summed E-state index contributed by atoms with van der Waals surface area (Å²) >= 11 is 1.35. The lowest BCUT2D eigenvalue weighted by Crippen LogP contribution is -2.16. The Labute approximate surface area is 147 Å². The van der Waals surface area contributed by atoms with Crippen LogP contribution in [0.15, 0.2) is 60.0 Å². The van der Waals surface area contributed by atoms with Crippen molar-refractivity contribution in [2.75, 3.05) is 12.1 Å². The van der Waals surface area contributed by atoms with Gasteiger partial charge in [-0.1, -0.05) is 24.3 Å². The van der Waals surface area contributed by atoms with Gasteiger partial charge in [0.05, 0.1) is 10.4 Å². The van der Waals surface area contributed by atoms with Crippen LogP contribution in [0.2, 0.25) is 0 Å². The number of ketones is 1. The van der Waals surface area contributed by atoms with Crippen molar-refractivity contribution >= 4 is 28.7 Å². The van der Waals surface area contributed by atoms with E-state index < -0.39 is 0 Å². The van der Waals surface area contributed by atoms with E-state index >= 15 is 0 Å². The summed E-state index contributed by atoms with van der Waals surface area (Å²) in [5.41, 5.74) is 1.29. The van der Waals surface area contributed by atoms with Crippen molar-refractivity contribution in [2.24, 2.45) is 0 Å². The van der Waals surface area contributed by atoms with Crippen LogP contribution in [0, 0.1) is 0 Å². The Kier molecular flexibility index (Phi) is 3.95. The molecule has 0 saturated carbocycles. The van der Waals surface area contributed by atoms with E-state index in [2.05, 4.69) is 5.32 Å². The smallest absolute Gasteiger partial charge is 0.256 e. The van der Waals surface area contributed by atoms with Gasteiger partial charge in [0, 0.05) is 17.3 Å². The van der Waals surface area contributed by atoms with Gasteiger partial charge in [-0.2, -0.15) is 0 Å². The molecular formula is C19H13NO4S. The molecule has 0 atom stereocenters. The minimum absolute atomic E-state index is 0.161. The topological polar surface area (TPSA) is 64.6 Å². The summed E-state index contributed by atoms with van der Waals surface area (Å²) in [6.45, 7) is 0.172. The van der Waals surface area contributed by atoms with Gasteiger partial charge in [0.2, 0.25) is 12.6 Å². The molecule has 1 aliphatic rings. The second-order valence-corrected chi connectivity index (χ2v) is 6.32. The van der Waals surface area contributed by atoms with Crippen LogP contribution in [0.25, 0.3) is 0 Å². The highest BCUT2D eigenvalue weighted by atomic mass is 32.1. The Morgan fingerprint density at radius 2 is 1.72 bits per heavy atom. The van der Waals surface area contributed by atoms with Gasteiger partial charge in [0.25, 0.3) is 5.91 Å². The van der Waals surface area contributed by atoms with Crippen molar-refractivity contribution in [2.45, 2.75) is 0 Å². The normalized spacial score (nSPS) is 12.0. The average Bonchev–Trinajstić information content (AvgIpc) is 3.32. The van der Waals surface area contributed by atoms with Crippen LogP contribution in [0.1, 0.15) is 25.6 Å². The van der Waals surface area contributed by atoms with E-state index in [9.17, 15) is 9.59 Å². The maximum absolute atomic E-state index is 12.7. The van der Waals surface area contributed by atoms with Crippen molar-refractivity contribution in [1.29, 1.82) is 0 Å². The number of nitrogens with one attached hydrogen (secondary N) is 1. The van der Waals surface area contributed by atoms with Crippen LogP contribution in [-0.2, 0) is 0 Å². The van der Waals surface area contributed by atoms with Gasteiger partial charge in [0.15, 0.2) is 11.5 Å². The Bertz CT molecular complexity index is 950. The summed E-state index contributed by atoms with van der Waals surface area (Å²) in [7, 11) is 0. The molecule has 0 radical (unpaired) electrons. The van der Waals surface area contributed by atoms with E-state index in [0.717, 1.165) is 0 Å². The van der Waals surface area contributed by atoms with Crippen LogP contribution in [0.3, 0.4) is 0 Å². The van der Waals surface area contributed by atoms with E-state index in [1.807, 2.05) is 11.4 Å². The third kappa shape index (κ3) is 2.99. The van der Waals surface area contributed by atoms with E-state index in [4.69, 9.17) is 9.47 Å². The maximum Gasteiger partial charge on any atom is 0.256 e. The van der Waals surface area contributed by atoms with Gasteiger partial charge in [-0.05, 0) is 29.6 Å². The highest BCUT2D eigenvalue weighted by molar-refractivity contribution is 7.12. The first-order valence-corrected chi connectivity index (χ1v) is 8.48. The van der Waals surface area contributed by atoms with Gasteiger partial charge < -0.3 is 14.8 Å². The molecule has 6 heteroatoms. The first-order valence-electron chi connectivity index (χ1n) is 7.60. The van der Waals surface area contributed by atoms with Crippen LogP contribution < -0.4 is 14.8 Å². The molecule has 25 heavy (non-hydrogen) atoms. The Morgan fingerprint density at radius 3 is 2.52 bits per heavy atom. The number of benzene rings is 2. The van der Waals surface area contributed by atoms with Gasteiger partial charge >= 0.3 is 0 Å². The van der Waals surface area contributed by atoms with Gasteiger partial charge in [-0.3, -0.25) is 9.59 Å². The molecule has 1 N–H and O–H groups in total. The van der Waals surface area contributed by atoms with E-state index in [-0.39, 0.29) is 18.5 Å². The van der Waals surface area contributed by atoms with Gasteiger partial charge in [-0.25, -0.2) is 0 Å². The first kappa shape index (κ1) is 15.4. The number of hydrogen-bond donors (Lipinski definition) is 1. The van der Waals surface area contributed by atoms with Gasteiger partial charge in [-0.15, -0.1) is 11.3 Å². The summed E-state index contributed by atoms with van der Waals surface area (Å²) in [6, 6.07) is 15.5. The second kappa shape index (κ2) is 6.41. The fourth-order valence-corrected chi connectivity index (χ4v) is 3.27. The van der Waals surface area contributed by atoms with Crippen LogP contribution in [-0.4, -0.2) is 18.5 Å². The number of fused-ring (bicyclic) bond motifs is 1. The lowest BCUT2D eigenvalue weighted by Gasteiger charge is -2.09. The SMILES string of the molecule is O=C(Nc1ccc2c(c1)OCO2)c1ccccc1C(=O)c1cccs1. The summed E-state index contributed by atoms with van der Waals surface area (Å²) in [5, 5.41) is 4.64. The minimum Gasteiger partial charge on any atom is -0.454 e. The number of rotatable bonds is 4. The number of amides is 1. The maximum atomic E-state index is 12.7. The molecule has 4 rings (SSSR count). The molecule has 5 nitrogen and oxygen atoms in total. The standard InChI is InChI=1S/C19H13NO4S/c21-18(17-6-3-9-25-17)13-4-1-2-5-14(13)19(22)20-12-7-8-15-16(10-12)24-11-23-15/h1-10H,11H2,(H,20,22). The minimum atomic E-state index is -0.348. The molecule has 2 aromatic carbocycles. The quantitative estimate of drug-likeness (QED) is 0.723. The third-order valence-electron chi connectivity index (χ3n) is 3.79. The highest BCUT2D eigenvalue weighted by Crippen LogP contribution is 2.34. The molecule has 0 unspecified atom stereocenters. The number of hydrogen-bond acceptors (Lipinski definition) is 5. The summed E-state index contributed by atoms with van der Waals surface area (Å²) in [4.78, 5) is 25.9. The van der Waals surface area contributed by atoms with Crippen molar-refractivity contribution in [1.82, 2.24) is 0 Å². The fraction of sp³-hybridized carbons (Fsp3) is 0.0526. The van der Waals surface area contributed by atoms with Crippen LogP contribution in [0.5, 0.6) is 11.5 Å². The van der Waals surface area contributed by atoms with E-state index in [1.165, 1.54) is 11.3 Å². The van der Waals surface area contributed by atoms with Crippen molar-refractivity contribution in [3.8, 4) is 11.5 Å².